The van der Waals surface area contributed by atoms with E-state index in [9.17, 15) is 12.8 Å². The molecule has 136 valence electrons. The highest BCUT2D eigenvalue weighted by atomic mass is 35.5. The second-order valence-corrected chi connectivity index (χ2v) is 8.57. The summed E-state index contributed by atoms with van der Waals surface area (Å²) < 4.78 is 46.0. The van der Waals surface area contributed by atoms with Crippen molar-refractivity contribution in [2.45, 2.75) is 35.8 Å². The standard InChI is InChI=1S/C15H20ClFN2O3S.ClH/c1-19(12-9-15(22-10-12)4-6-18-7-5-15)23(20,21)14-3-2-11(17)8-13(14)16;/h2-3,8,12,18H,4-7,9-10H2,1H3;1H/t12-;/m1./s1. The van der Waals surface area contributed by atoms with Gasteiger partial charge in [0.15, 0.2) is 0 Å². The summed E-state index contributed by atoms with van der Waals surface area (Å²) in [6, 6.07) is 3.09. The zero-order valence-electron chi connectivity index (χ0n) is 13.3. The minimum atomic E-state index is -3.79. The molecule has 3 rings (SSSR count). The van der Waals surface area contributed by atoms with E-state index in [1.165, 1.54) is 17.4 Å². The lowest BCUT2D eigenvalue weighted by molar-refractivity contribution is -0.0197. The fraction of sp³-hybridized carbons (Fsp3) is 0.600. The van der Waals surface area contributed by atoms with Crippen molar-refractivity contribution in [3.63, 3.8) is 0 Å². The normalized spacial score (nSPS) is 23.4. The van der Waals surface area contributed by atoms with Gasteiger partial charge in [-0.15, -0.1) is 12.4 Å². The number of benzene rings is 1. The average molecular weight is 399 g/mol. The minimum Gasteiger partial charge on any atom is -0.373 e. The quantitative estimate of drug-likeness (QED) is 0.849. The van der Waals surface area contributed by atoms with Crippen LogP contribution in [0.25, 0.3) is 0 Å². The highest BCUT2D eigenvalue weighted by Crippen LogP contribution is 2.37. The molecular formula is C15H21Cl2FN2O3S. The molecule has 2 saturated heterocycles. The summed E-state index contributed by atoms with van der Waals surface area (Å²) in [7, 11) is -2.26. The Balaban J connectivity index is 0.00000208. The van der Waals surface area contributed by atoms with Crippen molar-refractivity contribution in [1.82, 2.24) is 9.62 Å². The number of sulfonamides is 1. The number of nitrogens with one attached hydrogen (secondary N) is 1. The van der Waals surface area contributed by atoms with E-state index in [2.05, 4.69) is 5.32 Å². The zero-order valence-corrected chi connectivity index (χ0v) is 15.7. The van der Waals surface area contributed by atoms with Crippen molar-refractivity contribution in [2.75, 3.05) is 26.7 Å². The molecule has 2 aliphatic rings. The third-order valence-electron chi connectivity index (χ3n) is 4.77. The van der Waals surface area contributed by atoms with Gasteiger partial charge >= 0.3 is 0 Å². The molecule has 0 amide bonds. The van der Waals surface area contributed by atoms with E-state index in [0.29, 0.717) is 13.0 Å². The first-order valence-electron chi connectivity index (χ1n) is 7.62. The van der Waals surface area contributed by atoms with Gasteiger partial charge in [-0.25, -0.2) is 12.8 Å². The van der Waals surface area contributed by atoms with E-state index in [4.69, 9.17) is 16.3 Å². The molecular weight excluding hydrogens is 378 g/mol. The van der Waals surface area contributed by atoms with Crippen molar-refractivity contribution in [3.05, 3.63) is 29.0 Å². The summed E-state index contributed by atoms with van der Waals surface area (Å²) in [5, 5.41) is 3.18. The van der Waals surface area contributed by atoms with E-state index in [-0.39, 0.29) is 34.0 Å². The molecule has 1 aromatic carbocycles. The Hall–Kier alpha value is -0.440. The highest BCUT2D eigenvalue weighted by Gasteiger charge is 2.45. The molecule has 2 heterocycles. The lowest BCUT2D eigenvalue weighted by Gasteiger charge is -2.33. The largest absolute Gasteiger partial charge is 0.373 e. The number of rotatable bonds is 3. The Kier molecular flexibility index (Phi) is 6.16. The molecule has 0 bridgehead atoms. The van der Waals surface area contributed by atoms with Crippen molar-refractivity contribution in [3.8, 4) is 0 Å². The predicted molar refractivity (Wildman–Crippen MR) is 92.8 cm³/mol. The van der Waals surface area contributed by atoms with Gasteiger partial charge in [-0.2, -0.15) is 4.31 Å². The van der Waals surface area contributed by atoms with E-state index in [0.717, 1.165) is 38.1 Å². The van der Waals surface area contributed by atoms with Crippen LogP contribution in [0.1, 0.15) is 19.3 Å². The third kappa shape index (κ3) is 3.71. The van der Waals surface area contributed by atoms with Crippen molar-refractivity contribution in [1.29, 1.82) is 0 Å². The first-order chi connectivity index (χ1) is 10.8. The van der Waals surface area contributed by atoms with Crippen LogP contribution in [0.4, 0.5) is 4.39 Å². The third-order valence-corrected chi connectivity index (χ3v) is 7.16. The summed E-state index contributed by atoms with van der Waals surface area (Å²) in [5.74, 6) is -0.561. The van der Waals surface area contributed by atoms with E-state index >= 15 is 0 Å². The van der Waals surface area contributed by atoms with Crippen LogP contribution in [0.15, 0.2) is 23.1 Å². The molecule has 24 heavy (non-hydrogen) atoms. The molecule has 5 nitrogen and oxygen atoms in total. The summed E-state index contributed by atoms with van der Waals surface area (Å²) in [6.45, 7) is 2.13. The molecule has 2 fully saturated rings. The van der Waals surface area contributed by atoms with Gasteiger partial charge in [-0.1, -0.05) is 11.6 Å². The van der Waals surface area contributed by atoms with Crippen molar-refractivity contribution in [2.24, 2.45) is 0 Å². The van der Waals surface area contributed by atoms with E-state index in [1.54, 1.807) is 0 Å². The lowest BCUT2D eigenvalue weighted by Crippen LogP contribution is -2.43. The second kappa shape index (κ2) is 7.43. The number of ether oxygens (including phenoxy) is 1. The summed E-state index contributed by atoms with van der Waals surface area (Å²) >= 11 is 5.92. The monoisotopic (exact) mass is 398 g/mol. The number of likely N-dealkylation sites (N-methyl/N-ethyl adjacent to an activating group) is 1. The maximum Gasteiger partial charge on any atom is 0.244 e. The van der Waals surface area contributed by atoms with Crippen LogP contribution in [-0.2, 0) is 14.8 Å². The number of nitrogens with zero attached hydrogens (tertiary/aromatic N) is 1. The van der Waals surface area contributed by atoms with Crippen LogP contribution in [0.2, 0.25) is 5.02 Å². The van der Waals surface area contributed by atoms with Gasteiger partial charge in [0.25, 0.3) is 0 Å². The minimum absolute atomic E-state index is 0. The SMILES string of the molecule is CN([C@H]1COC2(CCNCC2)C1)S(=O)(=O)c1ccc(F)cc1Cl.Cl. The molecule has 0 aliphatic carbocycles. The second-order valence-electron chi connectivity index (χ2n) is 6.20. The Labute approximate surface area is 153 Å². The Morgan fingerprint density at radius 2 is 2.04 bits per heavy atom. The molecule has 0 aromatic heterocycles. The molecule has 9 heteroatoms. The fourth-order valence-corrected chi connectivity index (χ4v) is 5.16. The average Bonchev–Trinajstić information content (AvgIpc) is 2.90. The van der Waals surface area contributed by atoms with Gasteiger partial charge < -0.3 is 10.1 Å². The lowest BCUT2D eigenvalue weighted by atomic mass is 9.88. The molecule has 0 unspecified atom stereocenters. The number of hydrogen-bond donors (Lipinski definition) is 1. The number of piperidine rings is 1. The molecule has 1 atom stereocenters. The van der Waals surface area contributed by atoms with E-state index < -0.39 is 15.8 Å². The van der Waals surface area contributed by atoms with Crippen molar-refractivity contribution >= 4 is 34.0 Å². The molecule has 0 saturated carbocycles. The fourth-order valence-electron chi connectivity index (χ4n) is 3.32. The summed E-state index contributed by atoms with van der Waals surface area (Å²) in [4.78, 5) is -0.0747. The first-order valence-corrected chi connectivity index (χ1v) is 9.44. The molecule has 1 N–H and O–H groups in total. The molecule has 1 aromatic rings. The Morgan fingerprint density at radius 3 is 2.67 bits per heavy atom. The number of halogens is 3. The van der Waals surface area contributed by atoms with Crippen LogP contribution in [0, 0.1) is 5.82 Å². The Bertz CT molecular complexity index is 696. The Morgan fingerprint density at radius 1 is 1.38 bits per heavy atom. The maximum absolute atomic E-state index is 13.2. The van der Waals surface area contributed by atoms with Crippen LogP contribution in [0.3, 0.4) is 0 Å². The van der Waals surface area contributed by atoms with Gasteiger partial charge in [0.05, 0.1) is 23.3 Å². The molecule has 2 aliphatic heterocycles. The van der Waals surface area contributed by atoms with E-state index in [1.807, 2.05) is 0 Å². The summed E-state index contributed by atoms with van der Waals surface area (Å²) in [6.07, 6.45) is 2.44. The van der Waals surface area contributed by atoms with Gasteiger partial charge in [0, 0.05) is 7.05 Å². The van der Waals surface area contributed by atoms with Gasteiger partial charge in [-0.05, 0) is 50.6 Å². The molecule has 0 radical (unpaired) electrons. The maximum atomic E-state index is 13.2. The van der Waals surface area contributed by atoms with Crippen LogP contribution >= 0.6 is 24.0 Å². The van der Waals surface area contributed by atoms with Crippen LogP contribution in [-0.4, -0.2) is 51.1 Å². The number of hydrogen-bond acceptors (Lipinski definition) is 4. The smallest absolute Gasteiger partial charge is 0.244 e. The van der Waals surface area contributed by atoms with Crippen LogP contribution < -0.4 is 5.32 Å². The zero-order chi connectivity index (χ0) is 16.7. The van der Waals surface area contributed by atoms with Crippen molar-refractivity contribution < 1.29 is 17.5 Å². The molecule has 1 spiro atoms. The highest BCUT2D eigenvalue weighted by molar-refractivity contribution is 7.89. The van der Waals surface area contributed by atoms with Gasteiger partial charge in [0.1, 0.15) is 10.7 Å². The first kappa shape index (κ1) is 19.9. The van der Waals surface area contributed by atoms with Crippen LogP contribution in [0.5, 0.6) is 0 Å². The van der Waals surface area contributed by atoms with Gasteiger partial charge in [0.2, 0.25) is 10.0 Å². The van der Waals surface area contributed by atoms with Gasteiger partial charge in [-0.3, -0.25) is 0 Å². The predicted octanol–water partition coefficient (Wildman–Crippen LogP) is 2.43. The summed E-state index contributed by atoms with van der Waals surface area (Å²) in [5.41, 5.74) is -0.230. The topological polar surface area (TPSA) is 58.6 Å².